The third-order valence-electron chi connectivity index (χ3n) is 4.88. The number of amides is 1. The SMILES string of the molecule is C#CCNC(=O)C(C)Sc1nc2ccccc2c(=O)n1CCC1=CCCCC1. The van der Waals surface area contributed by atoms with Gasteiger partial charge >= 0.3 is 0 Å². The second kappa shape index (κ2) is 9.61. The highest BCUT2D eigenvalue weighted by Gasteiger charge is 2.19. The highest BCUT2D eigenvalue weighted by Crippen LogP contribution is 2.25. The minimum Gasteiger partial charge on any atom is -0.344 e. The van der Waals surface area contributed by atoms with Crippen molar-refractivity contribution in [3.8, 4) is 12.3 Å². The summed E-state index contributed by atoms with van der Waals surface area (Å²) in [5.74, 6) is 2.24. The smallest absolute Gasteiger partial charge is 0.262 e. The molecule has 1 unspecified atom stereocenters. The van der Waals surface area contributed by atoms with E-state index in [9.17, 15) is 9.59 Å². The van der Waals surface area contributed by atoms with Crippen molar-refractivity contribution in [3.05, 3.63) is 46.3 Å². The predicted octanol–water partition coefficient (Wildman–Crippen LogP) is 3.52. The number of hydrogen-bond donors (Lipinski definition) is 1. The van der Waals surface area contributed by atoms with E-state index in [0.29, 0.717) is 22.6 Å². The first kappa shape index (κ1) is 20.2. The topological polar surface area (TPSA) is 64.0 Å². The number of para-hydroxylation sites is 1. The van der Waals surface area contributed by atoms with Crippen LogP contribution in [0.2, 0.25) is 0 Å². The highest BCUT2D eigenvalue weighted by atomic mass is 32.2. The monoisotopic (exact) mass is 395 g/mol. The molecule has 1 atom stereocenters. The molecule has 1 N–H and O–H groups in total. The van der Waals surface area contributed by atoms with Gasteiger partial charge in [-0.15, -0.1) is 6.42 Å². The van der Waals surface area contributed by atoms with Gasteiger partial charge in [0.2, 0.25) is 5.91 Å². The molecular formula is C22H25N3O2S. The van der Waals surface area contributed by atoms with E-state index in [-0.39, 0.29) is 18.0 Å². The Balaban J connectivity index is 1.90. The van der Waals surface area contributed by atoms with Crippen LogP contribution in [0, 0.1) is 12.3 Å². The molecule has 0 radical (unpaired) electrons. The Labute approximate surface area is 169 Å². The molecule has 0 saturated carbocycles. The van der Waals surface area contributed by atoms with Gasteiger partial charge in [0.05, 0.1) is 22.7 Å². The Morgan fingerprint density at radius 2 is 2.21 bits per heavy atom. The zero-order valence-electron chi connectivity index (χ0n) is 16.1. The molecule has 1 heterocycles. The number of thioether (sulfide) groups is 1. The Kier molecular flexibility index (Phi) is 6.94. The first-order chi connectivity index (χ1) is 13.6. The first-order valence-corrected chi connectivity index (χ1v) is 10.5. The van der Waals surface area contributed by atoms with Crippen LogP contribution in [0.3, 0.4) is 0 Å². The number of allylic oxidation sites excluding steroid dienone is 2. The van der Waals surface area contributed by atoms with E-state index in [2.05, 4.69) is 22.3 Å². The molecule has 0 saturated heterocycles. The Bertz CT molecular complexity index is 987. The summed E-state index contributed by atoms with van der Waals surface area (Å²) >= 11 is 1.30. The van der Waals surface area contributed by atoms with Gasteiger partial charge in [-0.05, 0) is 51.2 Å². The molecule has 0 spiro atoms. The van der Waals surface area contributed by atoms with Gasteiger partial charge in [0.1, 0.15) is 0 Å². The molecular weight excluding hydrogens is 370 g/mol. The van der Waals surface area contributed by atoms with Crippen LogP contribution in [-0.4, -0.2) is 27.3 Å². The van der Waals surface area contributed by atoms with Crippen LogP contribution in [0.4, 0.5) is 0 Å². The van der Waals surface area contributed by atoms with Gasteiger partial charge < -0.3 is 5.32 Å². The number of carbonyl (C=O) groups excluding carboxylic acids is 1. The maximum Gasteiger partial charge on any atom is 0.262 e. The average molecular weight is 396 g/mol. The van der Waals surface area contributed by atoms with E-state index in [1.165, 1.54) is 30.2 Å². The second-order valence-electron chi connectivity index (χ2n) is 6.91. The number of nitrogens with one attached hydrogen (secondary N) is 1. The maximum atomic E-state index is 13.1. The number of aromatic nitrogens is 2. The summed E-state index contributed by atoms with van der Waals surface area (Å²) in [4.78, 5) is 30.0. The zero-order chi connectivity index (χ0) is 19.9. The average Bonchev–Trinajstić information content (AvgIpc) is 2.72. The largest absolute Gasteiger partial charge is 0.344 e. The minimum atomic E-state index is -0.401. The first-order valence-electron chi connectivity index (χ1n) is 9.65. The third kappa shape index (κ3) is 4.85. The van der Waals surface area contributed by atoms with Crippen LogP contribution in [0.5, 0.6) is 0 Å². The molecule has 3 rings (SSSR count). The molecule has 1 amide bonds. The van der Waals surface area contributed by atoms with Gasteiger partial charge in [-0.2, -0.15) is 0 Å². The van der Waals surface area contributed by atoms with Crippen LogP contribution in [0.15, 0.2) is 45.9 Å². The summed E-state index contributed by atoms with van der Waals surface area (Å²) in [5.41, 5.74) is 2.00. The summed E-state index contributed by atoms with van der Waals surface area (Å²) in [7, 11) is 0. The Morgan fingerprint density at radius 3 is 2.96 bits per heavy atom. The maximum absolute atomic E-state index is 13.1. The standard InChI is InChI=1S/C22H25N3O2S/c1-3-14-23-20(26)16(2)28-22-24-19-12-8-7-11-18(19)21(27)25(22)15-13-17-9-5-4-6-10-17/h1,7-9,11-12,16H,4-6,10,13-15H2,2H3,(H,23,26). The lowest BCUT2D eigenvalue weighted by Crippen LogP contribution is -2.32. The summed E-state index contributed by atoms with van der Waals surface area (Å²) in [6, 6.07) is 7.35. The van der Waals surface area contributed by atoms with Gasteiger partial charge in [0.15, 0.2) is 5.16 Å². The molecule has 0 fully saturated rings. The molecule has 5 nitrogen and oxygen atoms in total. The van der Waals surface area contributed by atoms with Crippen molar-refractivity contribution in [1.82, 2.24) is 14.9 Å². The van der Waals surface area contributed by atoms with Crippen molar-refractivity contribution < 1.29 is 4.79 Å². The Hall–Kier alpha value is -2.52. The second-order valence-corrected chi connectivity index (χ2v) is 8.22. The van der Waals surface area contributed by atoms with Crippen LogP contribution < -0.4 is 10.9 Å². The summed E-state index contributed by atoms with van der Waals surface area (Å²) in [6.45, 7) is 2.56. The molecule has 1 aliphatic rings. The van der Waals surface area contributed by atoms with Gasteiger partial charge in [0, 0.05) is 6.54 Å². The molecule has 0 bridgehead atoms. The van der Waals surface area contributed by atoms with Crippen LogP contribution >= 0.6 is 11.8 Å². The fourth-order valence-electron chi connectivity index (χ4n) is 3.32. The van der Waals surface area contributed by atoms with Crippen LogP contribution in [-0.2, 0) is 11.3 Å². The molecule has 1 aliphatic carbocycles. The van der Waals surface area contributed by atoms with Crippen LogP contribution in [0.1, 0.15) is 39.0 Å². The van der Waals surface area contributed by atoms with E-state index < -0.39 is 5.25 Å². The van der Waals surface area contributed by atoms with E-state index in [1.807, 2.05) is 18.2 Å². The summed E-state index contributed by atoms with van der Waals surface area (Å²) < 4.78 is 1.72. The predicted molar refractivity (Wildman–Crippen MR) is 114 cm³/mol. The molecule has 28 heavy (non-hydrogen) atoms. The van der Waals surface area contributed by atoms with Crippen molar-refractivity contribution in [3.63, 3.8) is 0 Å². The normalized spacial score (nSPS) is 14.9. The number of terminal acetylenes is 1. The lowest BCUT2D eigenvalue weighted by Gasteiger charge is -2.18. The number of nitrogens with zero attached hydrogens (tertiary/aromatic N) is 2. The fourth-order valence-corrected chi connectivity index (χ4v) is 4.27. The summed E-state index contributed by atoms with van der Waals surface area (Å²) in [5, 5.41) is 3.46. The van der Waals surface area contributed by atoms with E-state index in [1.54, 1.807) is 17.6 Å². The van der Waals surface area contributed by atoms with Gasteiger partial charge in [0.25, 0.3) is 5.56 Å². The van der Waals surface area contributed by atoms with Crippen molar-refractivity contribution in [2.75, 3.05) is 6.54 Å². The van der Waals surface area contributed by atoms with E-state index >= 15 is 0 Å². The number of rotatable bonds is 7. The highest BCUT2D eigenvalue weighted by molar-refractivity contribution is 8.00. The van der Waals surface area contributed by atoms with Gasteiger partial charge in [-0.1, -0.05) is 41.5 Å². The van der Waals surface area contributed by atoms with Crippen molar-refractivity contribution >= 4 is 28.6 Å². The zero-order valence-corrected chi connectivity index (χ0v) is 16.9. The molecule has 1 aromatic carbocycles. The van der Waals surface area contributed by atoms with Gasteiger partial charge in [-0.25, -0.2) is 4.98 Å². The minimum absolute atomic E-state index is 0.0549. The van der Waals surface area contributed by atoms with E-state index in [0.717, 1.165) is 19.3 Å². The lowest BCUT2D eigenvalue weighted by molar-refractivity contribution is -0.120. The third-order valence-corrected chi connectivity index (χ3v) is 5.97. The van der Waals surface area contributed by atoms with Crippen molar-refractivity contribution in [2.24, 2.45) is 0 Å². The Morgan fingerprint density at radius 1 is 1.39 bits per heavy atom. The number of hydrogen-bond acceptors (Lipinski definition) is 4. The molecule has 6 heteroatoms. The molecule has 0 aliphatic heterocycles. The lowest BCUT2D eigenvalue weighted by atomic mass is 9.97. The van der Waals surface area contributed by atoms with Crippen molar-refractivity contribution in [1.29, 1.82) is 0 Å². The quantitative estimate of drug-likeness (QED) is 0.337. The molecule has 1 aromatic heterocycles. The van der Waals surface area contributed by atoms with Crippen LogP contribution in [0.25, 0.3) is 10.9 Å². The van der Waals surface area contributed by atoms with E-state index in [4.69, 9.17) is 6.42 Å². The fraction of sp³-hybridized carbons (Fsp3) is 0.409. The van der Waals surface area contributed by atoms with Crippen molar-refractivity contribution in [2.45, 2.75) is 56.0 Å². The molecule has 146 valence electrons. The van der Waals surface area contributed by atoms with Gasteiger partial charge in [-0.3, -0.25) is 14.2 Å². The number of carbonyl (C=O) groups is 1. The number of benzene rings is 1. The molecule has 2 aromatic rings. The number of fused-ring (bicyclic) bond motifs is 1. The summed E-state index contributed by atoms with van der Waals surface area (Å²) in [6.07, 6.45) is 13.0.